The van der Waals surface area contributed by atoms with Gasteiger partial charge in [-0.2, -0.15) is 0 Å². The van der Waals surface area contributed by atoms with Crippen LogP contribution in [0, 0.1) is 6.92 Å². The van der Waals surface area contributed by atoms with Crippen molar-refractivity contribution in [3.8, 4) is 16.2 Å². The number of carbonyl (C=O) groups is 2. The number of thiophene rings is 2. The van der Waals surface area contributed by atoms with Crippen molar-refractivity contribution in [3.63, 3.8) is 0 Å². The highest BCUT2D eigenvalue weighted by molar-refractivity contribution is 7.18. The van der Waals surface area contributed by atoms with Crippen molar-refractivity contribution in [2.45, 2.75) is 13.8 Å². The highest BCUT2D eigenvalue weighted by atomic mass is 32.1. The standard InChI is InChI=1S/C20H19NO4S2/c1-4-25-20(23)17-16(15-10-7-11-26-15)12(2)27-19(17)21-18(22)13-8-5-6-9-14(13)24-3/h5-11H,4H2,1-3H3,(H,21,22). The Balaban J connectivity index is 2.04. The fourth-order valence-corrected chi connectivity index (χ4v) is 4.70. The molecule has 3 rings (SSSR count). The summed E-state index contributed by atoms with van der Waals surface area (Å²) in [6.45, 7) is 3.95. The molecular formula is C20H19NO4S2. The molecule has 2 aromatic heterocycles. The zero-order valence-corrected chi connectivity index (χ0v) is 16.8. The van der Waals surface area contributed by atoms with Gasteiger partial charge in [0.25, 0.3) is 5.91 Å². The molecule has 1 amide bonds. The first-order chi connectivity index (χ1) is 13.1. The zero-order chi connectivity index (χ0) is 19.4. The second kappa shape index (κ2) is 8.37. The average molecular weight is 402 g/mol. The maximum atomic E-state index is 12.8. The molecule has 0 unspecified atom stereocenters. The van der Waals surface area contributed by atoms with Crippen molar-refractivity contribution < 1.29 is 19.1 Å². The van der Waals surface area contributed by atoms with Crippen molar-refractivity contribution >= 4 is 39.6 Å². The summed E-state index contributed by atoms with van der Waals surface area (Å²) in [6, 6.07) is 10.8. The number of esters is 1. The highest BCUT2D eigenvalue weighted by Gasteiger charge is 2.26. The largest absolute Gasteiger partial charge is 0.496 e. The van der Waals surface area contributed by atoms with Crippen LogP contribution in [0.2, 0.25) is 0 Å². The Morgan fingerprint density at radius 2 is 1.93 bits per heavy atom. The number of methoxy groups -OCH3 is 1. The molecule has 1 N–H and O–H groups in total. The van der Waals surface area contributed by atoms with E-state index in [2.05, 4.69) is 5.32 Å². The molecule has 7 heteroatoms. The summed E-state index contributed by atoms with van der Waals surface area (Å²) in [6.07, 6.45) is 0. The van der Waals surface area contributed by atoms with Crippen LogP contribution in [0.25, 0.3) is 10.4 Å². The maximum Gasteiger partial charge on any atom is 0.341 e. The molecule has 0 saturated carbocycles. The minimum atomic E-state index is -0.444. The summed E-state index contributed by atoms with van der Waals surface area (Å²) < 4.78 is 10.5. The summed E-state index contributed by atoms with van der Waals surface area (Å²) in [4.78, 5) is 27.4. The van der Waals surface area contributed by atoms with Crippen molar-refractivity contribution in [1.29, 1.82) is 0 Å². The van der Waals surface area contributed by atoms with E-state index in [-0.39, 0.29) is 12.5 Å². The van der Waals surface area contributed by atoms with Gasteiger partial charge in [-0.25, -0.2) is 4.79 Å². The Morgan fingerprint density at radius 1 is 1.15 bits per heavy atom. The number of ether oxygens (including phenoxy) is 2. The Morgan fingerprint density at radius 3 is 2.59 bits per heavy atom. The van der Waals surface area contributed by atoms with Crippen molar-refractivity contribution in [1.82, 2.24) is 0 Å². The van der Waals surface area contributed by atoms with Crippen LogP contribution < -0.4 is 10.1 Å². The molecule has 1 aromatic carbocycles. The van der Waals surface area contributed by atoms with E-state index in [1.54, 1.807) is 42.5 Å². The predicted molar refractivity (Wildman–Crippen MR) is 109 cm³/mol. The van der Waals surface area contributed by atoms with Gasteiger partial charge in [0.1, 0.15) is 16.3 Å². The van der Waals surface area contributed by atoms with E-state index in [0.717, 1.165) is 15.3 Å². The van der Waals surface area contributed by atoms with Gasteiger partial charge in [-0.15, -0.1) is 22.7 Å². The normalized spacial score (nSPS) is 10.5. The number of hydrogen-bond donors (Lipinski definition) is 1. The van der Waals surface area contributed by atoms with E-state index in [0.29, 0.717) is 21.9 Å². The van der Waals surface area contributed by atoms with Crippen molar-refractivity contribution in [3.05, 3.63) is 57.8 Å². The van der Waals surface area contributed by atoms with E-state index in [1.165, 1.54) is 18.4 Å². The number of hydrogen-bond acceptors (Lipinski definition) is 6. The van der Waals surface area contributed by atoms with E-state index in [4.69, 9.17) is 9.47 Å². The van der Waals surface area contributed by atoms with Crippen molar-refractivity contribution in [2.75, 3.05) is 19.0 Å². The Hall–Kier alpha value is -2.64. The van der Waals surface area contributed by atoms with Crippen LogP contribution in [0.5, 0.6) is 5.75 Å². The van der Waals surface area contributed by atoms with Crippen LogP contribution in [0.15, 0.2) is 41.8 Å². The minimum absolute atomic E-state index is 0.261. The molecule has 140 valence electrons. The third-order valence-electron chi connectivity index (χ3n) is 3.91. The zero-order valence-electron chi connectivity index (χ0n) is 15.2. The number of carbonyl (C=O) groups excluding carboxylic acids is 2. The number of aryl methyl sites for hydroxylation is 1. The maximum absolute atomic E-state index is 12.8. The van der Waals surface area contributed by atoms with Gasteiger partial charge in [0.15, 0.2) is 0 Å². The Bertz CT molecular complexity index is 961. The predicted octanol–water partition coefficient (Wildman–Crippen LogP) is 5.22. The first kappa shape index (κ1) is 19.1. The lowest BCUT2D eigenvalue weighted by molar-refractivity contribution is 0.0529. The molecule has 0 atom stereocenters. The molecule has 3 aromatic rings. The monoisotopic (exact) mass is 401 g/mol. The number of benzene rings is 1. The van der Waals surface area contributed by atoms with Gasteiger partial charge in [0.05, 0.1) is 19.3 Å². The summed E-state index contributed by atoms with van der Waals surface area (Å²) in [5.41, 5.74) is 1.60. The lowest BCUT2D eigenvalue weighted by atomic mass is 10.1. The van der Waals surface area contributed by atoms with E-state index in [9.17, 15) is 9.59 Å². The minimum Gasteiger partial charge on any atom is -0.496 e. The molecule has 2 heterocycles. The van der Waals surface area contributed by atoms with Crippen LogP contribution in [0.4, 0.5) is 5.00 Å². The van der Waals surface area contributed by atoms with Crippen LogP contribution in [0.3, 0.4) is 0 Å². The highest BCUT2D eigenvalue weighted by Crippen LogP contribution is 2.42. The van der Waals surface area contributed by atoms with Gasteiger partial charge in [-0.05, 0) is 37.4 Å². The number of anilines is 1. The molecular weight excluding hydrogens is 382 g/mol. The molecule has 0 fully saturated rings. The lowest BCUT2D eigenvalue weighted by Gasteiger charge is -2.10. The van der Waals surface area contributed by atoms with Crippen molar-refractivity contribution in [2.24, 2.45) is 0 Å². The first-order valence-electron chi connectivity index (χ1n) is 8.35. The molecule has 5 nitrogen and oxygen atoms in total. The first-order valence-corrected chi connectivity index (χ1v) is 10.0. The fourth-order valence-electron chi connectivity index (χ4n) is 2.75. The van der Waals surface area contributed by atoms with E-state index >= 15 is 0 Å². The smallest absolute Gasteiger partial charge is 0.341 e. The van der Waals surface area contributed by atoms with Gasteiger partial charge in [-0.3, -0.25) is 4.79 Å². The lowest BCUT2D eigenvalue weighted by Crippen LogP contribution is -2.15. The molecule has 0 aliphatic rings. The Kier molecular flexibility index (Phi) is 5.93. The summed E-state index contributed by atoms with van der Waals surface area (Å²) in [5.74, 6) is -0.308. The Labute approximate surface area is 165 Å². The number of para-hydroxylation sites is 1. The van der Waals surface area contributed by atoms with Crippen LogP contribution in [-0.2, 0) is 4.74 Å². The molecule has 0 saturated heterocycles. The van der Waals surface area contributed by atoms with E-state index < -0.39 is 5.97 Å². The molecule has 0 radical (unpaired) electrons. The van der Waals surface area contributed by atoms with Gasteiger partial charge in [0.2, 0.25) is 0 Å². The van der Waals surface area contributed by atoms with Gasteiger partial charge in [-0.1, -0.05) is 18.2 Å². The molecule has 0 bridgehead atoms. The second-order valence-electron chi connectivity index (χ2n) is 5.59. The number of amides is 1. The van der Waals surface area contributed by atoms with Gasteiger partial charge >= 0.3 is 5.97 Å². The molecule has 0 aliphatic carbocycles. The van der Waals surface area contributed by atoms with Crippen LogP contribution in [-0.4, -0.2) is 25.6 Å². The summed E-state index contributed by atoms with van der Waals surface area (Å²) in [5, 5.41) is 5.30. The molecule has 0 aliphatic heterocycles. The number of rotatable bonds is 6. The van der Waals surface area contributed by atoms with E-state index in [1.807, 2.05) is 24.4 Å². The quantitative estimate of drug-likeness (QED) is 0.575. The fraction of sp³-hybridized carbons (Fsp3) is 0.200. The van der Waals surface area contributed by atoms with Crippen LogP contribution in [0.1, 0.15) is 32.5 Å². The SMILES string of the molecule is CCOC(=O)c1c(NC(=O)c2ccccc2OC)sc(C)c1-c1cccs1. The van der Waals surface area contributed by atoms with Gasteiger partial charge in [0, 0.05) is 15.3 Å². The summed E-state index contributed by atoms with van der Waals surface area (Å²) >= 11 is 2.90. The topological polar surface area (TPSA) is 64.6 Å². The second-order valence-corrected chi connectivity index (χ2v) is 7.76. The summed E-state index contributed by atoms with van der Waals surface area (Å²) in [7, 11) is 1.51. The molecule has 27 heavy (non-hydrogen) atoms. The third-order valence-corrected chi connectivity index (χ3v) is 5.82. The third kappa shape index (κ3) is 3.89. The molecule has 0 spiro atoms. The van der Waals surface area contributed by atoms with Gasteiger partial charge < -0.3 is 14.8 Å². The van der Waals surface area contributed by atoms with Crippen LogP contribution >= 0.6 is 22.7 Å². The number of nitrogens with one attached hydrogen (secondary N) is 1. The average Bonchev–Trinajstić information content (AvgIpc) is 3.29.